The molecule has 1 N–H and O–H groups in total. The summed E-state index contributed by atoms with van der Waals surface area (Å²) in [5.41, 5.74) is 1.70. The number of ether oxygens (including phenoxy) is 1. The Morgan fingerprint density at radius 3 is 2.18 bits per heavy atom. The van der Waals surface area contributed by atoms with Crippen molar-refractivity contribution in [3.8, 4) is 0 Å². The highest BCUT2D eigenvalue weighted by Gasteiger charge is 2.22. The van der Waals surface area contributed by atoms with Crippen LogP contribution in [0.25, 0.3) is 0 Å². The van der Waals surface area contributed by atoms with E-state index in [4.69, 9.17) is 4.74 Å². The predicted molar refractivity (Wildman–Crippen MR) is 116 cm³/mol. The fraction of sp³-hybridized carbons (Fsp3) is 0.708. The maximum atomic E-state index is 12.4. The summed E-state index contributed by atoms with van der Waals surface area (Å²) in [7, 11) is 3.98. The van der Waals surface area contributed by atoms with E-state index < -0.39 is 6.23 Å². The topological polar surface area (TPSA) is 46.5 Å². The lowest BCUT2D eigenvalue weighted by Gasteiger charge is -2.32. The van der Waals surface area contributed by atoms with E-state index in [1.54, 1.807) is 6.92 Å². The van der Waals surface area contributed by atoms with E-state index in [-0.39, 0.29) is 5.97 Å². The zero-order valence-corrected chi connectivity index (χ0v) is 18.7. The van der Waals surface area contributed by atoms with Gasteiger partial charge in [-0.05, 0) is 30.9 Å². The van der Waals surface area contributed by atoms with Gasteiger partial charge in [-0.1, -0.05) is 64.5 Å². The van der Waals surface area contributed by atoms with E-state index in [0.717, 1.165) is 18.4 Å². The second kappa shape index (κ2) is 12.9. The molecule has 4 nitrogen and oxygen atoms in total. The molecule has 0 bridgehead atoms. The molecule has 0 spiro atoms. The molecule has 0 saturated carbocycles. The smallest absolute Gasteiger partial charge is 0.338 e. The van der Waals surface area contributed by atoms with E-state index in [1.165, 1.54) is 38.5 Å². The first-order valence-corrected chi connectivity index (χ1v) is 11.1. The average molecular weight is 393 g/mol. The van der Waals surface area contributed by atoms with Gasteiger partial charge in [-0.3, -0.25) is 0 Å². The Morgan fingerprint density at radius 1 is 1.00 bits per heavy atom. The van der Waals surface area contributed by atoms with E-state index in [1.807, 2.05) is 38.4 Å². The molecule has 1 aromatic carbocycles. The number of aliphatic hydroxyl groups is 1. The number of carbonyl (C=O) groups excluding carboxylic acids is 1. The van der Waals surface area contributed by atoms with Gasteiger partial charge in [-0.25, -0.2) is 4.79 Å². The molecule has 0 heterocycles. The molecule has 2 atom stereocenters. The zero-order chi connectivity index (χ0) is 21.0. The van der Waals surface area contributed by atoms with Crippen LogP contribution in [0, 0.1) is 5.92 Å². The van der Waals surface area contributed by atoms with Gasteiger partial charge in [0.25, 0.3) is 0 Å². The van der Waals surface area contributed by atoms with Crippen molar-refractivity contribution in [1.82, 2.24) is 0 Å². The molecule has 28 heavy (non-hydrogen) atoms. The van der Waals surface area contributed by atoms with Gasteiger partial charge >= 0.3 is 5.97 Å². The SMILES string of the molecule is CCCCCCC(CCCC)COC(=O)c1ccc(C[N+](C)(C)C(C)O)cc1. The van der Waals surface area contributed by atoms with E-state index >= 15 is 0 Å². The second-order valence-electron chi connectivity index (χ2n) is 8.72. The molecule has 0 saturated heterocycles. The third kappa shape index (κ3) is 9.20. The van der Waals surface area contributed by atoms with E-state index in [9.17, 15) is 9.90 Å². The van der Waals surface area contributed by atoms with Crippen molar-refractivity contribution in [2.75, 3.05) is 20.7 Å². The third-order valence-corrected chi connectivity index (χ3v) is 5.67. The fourth-order valence-electron chi connectivity index (χ4n) is 3.29. The quantitative estimate of drug-likeness (QED) is 0.196. The monoisotopic (exact) mass is 392 g/mol. The van der Waals surface area contributed by atoms with Gasteiger partial charge in [0.1, 0.15) is 6.54 Å². The van der Waals surface area contributed by atoms with Gasteiger partial charge in [0.15, 0.2) is 6.23 Å². The Kier molecular flexibility index (Phi) is 11.4. The molecule has 1 rings (SSSR count). The van der Waals surface area contributed by atoms with Crippen LogP contribution in [0.4, 0.5) is 0 Å². The minimum absolute atomic E-state index is 0.231. The van der Waals surface area contributed by atoms with Crippen LogP contribution in [0.1, 0.15) is 88.1 Å². The normalized spacial score (nSPS) is 13.9. The van der Waals surface area contributed by atoms with Gasteiger partial charge < -0.3 is 14.3 Å². The number of benzene rings is 1. The summed E-state index contributed by atoms with van der Waals surface area (Å²) >= 11 is 0. The molecule has 160 valence electrons. The lowest BCUT2D eigenvalue weighted by Crippen LogP contribution is -2.46. The first-order chi connectivity index (χ1) is 13.3. The number of unbranched alkanes of at least 4 members (excludes halogenated alkanes) is 4. The Balaban J connectivity index is 2.55. The standard InChI is InChI=1S/C24H42NO3/c1-6-8-10-11-13-22(12-9-7-2)19-28-24(27)23-16-14-21(15-17-23)18-25(4,5)20(3)26/h14-17,20,22,26H,6-13,18-19H2,1-5H3/q+1. The Hall–Kier alpha value is -1.39. The predicted octanol–water partition coefficient (Wildman–Crippen LogP) is 5.53. The molecule has 0 radical (unpaired) electrons. The number of quaternary nitrogens is 1. The van der Waals surface area contributed by atoms with Crippen LogP contribution in [0.2, 0.25) is 0 Å². The van der Waals surface area contributed by atoms with Crippen molar-refractivity contribution in [3.63, 3.8) is 0 Å². The zero-order valence-electron chi connectivity index (χ0n) is 18.7. The summed E-state index contributed by atoms with van der Waals surface area (Å²) in [6, 6.07) is 7.58. The number of rotatable bonds is 14. The van der Waals surface area contributed by atoms with Gasteiger partial charge in [-0.2, -0.15) is 0 Å². The van der Waals surface area contributed by atoms with Crippen LogP contribution in [-0.4, -0.2) is 42.5 Å². The third-order valence-electron chi connectivity index (χ3n) is 5.67. The molecule has 0 aliphatic carbocycles. The van der Waals surface area contributed by atoms with Gasteiger partial charge in [0.05, 0.1) is 26.3 Å². The van der Waals surface area contributed by atoms with Crippen molar-refractivity contribution in [1.29, 1.82) is 0 Å². The molecule has 4 heteroatoms. The highest BCUT2D eigenvalue weighted by molar-refractivity contribution is 5.89. The summed E-state index contributed by atoms with van der Waals surface area (Å²) in [6.45, 7) is 7.47. The minimum atomic E-state index is -0.443. The second-order valence-corrected chi connectivity index (χ2v) is 8.72. The molecule has 0 fully saturated rings. The van der Waals surface area contributed by atoms with Gasteiger partial charge in [0, 0.05) is 12.5 Å². The van der Waals surface area contributed by atoms with E-state index in [2.05, 4.69) is 13.8 Å². The number of aliphatic hydroxyl groups excluding tert-OH is 1. The molecule has 0 aromatic heterocycles. The molecule has 1 aromatic rings. The summed E-state index contributed by atoms with van der Waals surface area (Å²) in [5.74, 6) is 0.245. The van der Waals surface area contributed by atoms with E-state index in [0.29, 0.717) is 29.1 Å². The lowest BCUT2D eigenvalue weighted by atomic mass is 9.96. The molecule has 0 amide bonds. The maximum absolute atomic E-state index is 12.4. The van der Waals surface area contributed by atoms with Crippen molar-refractivity contribution in [3.05, 3.63) is 35.4 Å². The lowest BCUT2D eigenvalue weighted by molar-refractivity contribution is -0.946. The number of esters is 1. The average Bonchev–Trinajstić information content (AvgIpc) is 2.66. The number of carbonyl (C=O) groups is 1. The van der Waals surface area contributed by atoms with Crippen molar-refractivity contribution in [2.24, 2.45) is 5.92 Å². The van der Waals surface area contributed by atoms with Crippen LogP contribution < -0.4 is 0 Å². The first-order valence-electron chi connectivity index (χ1n) is 11.1. The van der Waals surface area contributed by atoms with Gasteiger partial charge in [0.2, 0.25) is 0 Å². The van der Waals surface area contributed by atoms with Crippen LogP contribution in [-0.2, 0) is 11.3 Å². The summed E-state index contributed by atoms with van der Waals surface area (Å²) < 4.78 is 6.13. The van der Waals surface area contributed by atoms with Crippen LogP contribution in [0.3, 0.4) is 0 Å². The van der Waals surface area contributed by atoms with Crippen LogP contribution >= 0.6 is 0 Å². The number of nitrogens with zero attached hydrogens (tertiary/aromatic N) is 1. The first kappa shape index (κ1) is 24.6. The molecule has 2 unspecified atom stereocenters. The Labute approximate surface area is 172 Å². The van der Waals surface area contributed by atoms with Crippen LogP contribution in [0.15, 0.2) is 24.3 Å². The Bertz CT molecular complexity index is 551. The van der Waals surface area contributed by atoms with Crippen molar-refractivity contribution < 1.29 is 19.1 Å². The Morgan fingerprint density at radius 2 is 1.61 bits per heavy atom. The fourth-order valence-corrected chi connectivity index (χ4v) is 3.29. The number of hydrogen-bond donors (Lipinski definition) is 1. The summed E-state index contributed by atoms with van der Waals surface area (Å²) in [4.78, 5) is 12.4. The van der Waals surface area contributed by atoms with Crippen molar-refractivity contribution in [2.45, 2.75) is 84.9 Å². The highest BCUT2D eigenvalue weighted by Crippen LogP contribution is 2.19. The molecule has 0 aliphatic heterocycles. The molecular weight excluding hydrogens is 350 g/mol. The highest BCUT2D eigenvalue weighted by atomic mass is 16.5. The van der Waals surface area contributed by atoms with Crippen LogP contribution in [0.5, 0.6) is 0 Å². The number of hydrogen-bond acceptors (Lipinski definition) is 3. The maximum Gasteiger partial charge on any atom is 0.338 e. The largest absolute Gasteiger partial charge is 0.462 e. The summed E-state index contributed by atoms with van der Waals surface area (Å²) in [6.07, 6.45) is 9.27. The van der Waals surface area contributed by atoms with Crippen molar-refractivity contribution >= 4 is 5.97 Å². The van der Waals surface area contributed by atoms with Gasteiger partial charge in [-0.15, -0.1) is 0 Å². The minimum Gasteiger partial charge on any atom is -0.462 e. The molecular formula is C24H42NO3+. The molecule has 0 aliphatic rings. The summed E-state index contributed by atoms with van der Waals surface area (Å²) in [5, 5.41) is 9.86.